The van der Waals surface area contributed by atoms with E-state index >= 15 is 0 Å². The largest absolute Gasteiger partial charge is 0.466 e. The Balaban J connectivity index is 0.00000364. The summed E-state index contributed by atoms with van der Waals surface area (Å²) in [6.07, 6.45) is 2.40. The van der Waals surface area contributed by atoms with Gasteiger partial charge in [-0.3, -0.25) is 4.68 Å². The normalized spacial score (nSPS) is 15.0. The summed E-state index contributed by atoms with van der Waals surface area (Å²) in [5.74, 6) is 1.18. The number of aryl methyl sites for hydroxylation is 2. The summed E-state index contributed by atoms with van der Waals surface area (Å²) in [5, 5.41) is 21.7. The third kappa shape index (κ3) is 6.24. The second kappa shape index (κ2) is 10.1. The van der Waals surface area contributed by atoms with Gasteiger partial charge in [-0.15, -0.1) is 24.0 Å². The van der Waals surface area contributed by atoms with E-state index in [0.717, 1.165) is 18.7 Å². The molecule has 0 amide bonds. The van der Waals surface area contributed by atoms with Gasteiger partial charge >= 0.3 is 0 Å². The summed E-state index contributed by atoms with van der Waals surface area (Å²) in [7, 11) is 1.96. The van der Waals surface area contributed by atoms with E-state index in [1.165, 1.54) is 11.3 Å². The molecule has 0 aliphatic heterocycles. The predicted molar refractivity (Wildman–Crippen MR) is 119 cm³/mol. The van der Waals surface area contributed by atoms with Gasteiger partial charge in [0.25, 0.3) is 0 Å². The van der Waals surface area contributed by atoms with E-state index in [1.807, 2.05) is 25.6 Å². The van der Waals surface area contributed by atoms with Gasteiger partial charge in [-0.1, -0.05) is 0 Å². The van der Waals surface area contributed by atoms with Crippen molar-refractivity contribution in [3.8, 4) is 0 Å². The SMILES string of the molecule is CCNC(=NCC(C)(O)c1ccco1)NC(C)Cc1c(C)nn(C)c1C.I. The van der Waals surface area contributed by atoms with Crippen molar-refractivity contribution in [2.75, 3.05) is 13.1 Å². The van der Waals surface area contributed by atoms with E-state index in [2.05, 4.69) is 34.6 Å². The highest BCUT2D eigenvalue weighted by Gasteiger charge is 2.26. The van der Waals surface area contributed by atoms with Crippen molar-refractivity contribution in [2.45, 2.75) is 52.7 Å². The van der Waals surface area contributed by atoms with Gasteiger partial charge in [0.1, 0.15) is 11.4 Å². The Morgan fingerprint density at radius 2 is 2.15 bits per heavy atom. The Bertz CT molecular complexity index is 738. The molecule has 2 atom stereocenters. The van der Waals surface area contributed by atoms with Gasteiger partial charge in [0, 0.05) is 25.3 Å². The summed E-state index contributed by atoms with van der Waals surface area (Å²) in [4.78, 5) is 4.54. The van der Waals surface area contributed by atoms with Gasteiger partial charge < -0.3 is 20.2 Å². The van der Waals surface area contributed by atoms with Crippen molar-refractivity contribution in [1.82, 2.24) is 20.4 Å². The van der Waals surface area contributed by atoms with Crippen LogP contribution in [0.25, 0.3) is 0 Å². The highest BCUT2D eigenvalue weighted by Crippen LogP contribution is 2.21. The van der Waals surface area contributed by atoms with Gasteiger partial charge in [-0.05, 0) is 58.7 Å². The lowest BCUT2D eigenvalue weighted by Crippen LogP contribution is -2.44. The van der Waals surface area contributed by atoms with Crippen LogP contribution < -0.4 is 10.6 Å². The van der Waals surface area contributed by atoms with Crippen LogP contribution in [0.3, 0.4) is 0 Å². The van der Waals surface area contributed by atoms with Crippen molar-refractivity contribution in [2.24, 2.45) is 12.0 Å². The number of furan rings is 1. The first-order valence-electron chi connectivity index (χ1n) is 9.05. The molecule has 7 nitrogen and oxygen atoms in total. The van der Waals surface area contributed by atoms with Crippen molar-refractivity contribution in [3.05, 3.63) is 41.1 Å². The quantitative estimate of drug-likeness (QED) is 0.316. The number of nitrogens with one attached hydrogen (secondary N) is 2. The molecule has 2 rings (SSSR count). The molecule has 0 aliphatic rings. The molecule has 2 aromatic heterocycles. The fraction of sp³-hybridized carbons (Fsp3) is 0.579. The van der Waals surface area contributed by atoms with Crippen LogP contribution in [0.4, 0.5) is 0 Å². The minimum absolute atomic E-state index is 0. The Morgan fingerprint density at radius 1 is 1.44 bits per heavy atom. The number of halogens is 1. The van der Waals surface area contributed by atoms with Crippen LogP contribution in [-0.4, -0.2) is 40.0 Å². The second-order valence-electron chi connectivity index (χ2n) is 6.97. The summed E-state index contributed by atoms with van der Waals surface area (Å²) in [5.41, 5.74) is 2.34. The molecule has 0 saturated heterocycles. The molecule has 0 aromatic carbocycles. The molecule has 0 saturated carbocycles. The van der Waals surface area contributed by atoms with Crippen LogP contribution in [-0.2, 0) is 19.1 Å². The molecular weight excluding hydrogens is 457 g/mol. The lowest BCUT2D eigenvalue weighted by molar-refractivity contribution is 0.0437. The molecule has 3 N–H and O–H groups in total. The molecule has 2 unspecified atom stereocenters. The summed E-state index contributed by atoms with van der Waals surface area (Å²) in [6.45, 7) is 10.9. The lowest BCUT2D eigenvalue weighted by atomic mass is 10.0. The molecule has 0 bridgehead atoms. The maximum Gasteiger partial charge on any atom is 0.191 e. The molecule has 2 aromatic rings. The number of aromatic nitrogens is 2. The average Bonchev–Trinajstić information content (AvgIpc) is 3.19. The number of rotatable bonds is 7. The molecular formula is C19H32IN5O2. The fourth-order valence-corrected chi connectivity index (χ4v) is 2.92. The number of hydrogen-bond acceptors (Lipinski definition) is 4. The van der Waals surface area contributed by atoms with Crippen molar-refractivity contribution in [1.29, 1.82) is 0 Å². The second-order valence-corrected chi connectivity index (χ2v) is 6.97. The first-order valence-corrected chi connectivity index (χ1v) is 9.05. The van der Waals surface area contributed by atoms with Crippen LogP contribution in [0.2, 0.25) is 0 Å². The van der Waals surface area contributed by atoms with E-state index in [1.54, 1.807) is 25.3 Å². The molecule has 2 heterocycles. The Hall–Kier alpha value is -1.55. The molecule has 0 radical (unpaired) electrons. The zero-order valence-corrected chi connectivity index (χ0v) is 19.4. The lowest BCUT2D eigenvalue weighted by Gasteiger charge is -2.21. The summed E-state index contributed by atoms with van der Waals surface area (Å²) < 4.78 is 7.22. The monoisotopic (exact) mass is 489 g/mol. The molecule has 8 heteroatoms. The number of guanidine groups is 1. The topological polar surface area (TPSA) is 87.6 Å². The number of aliphatic hydroxyl groups is 1. The van der Waals surface area contributed by atoms with Crippen LogP contribution >= 0.6 is 24.0 Å². The van der Waals surface area contributed by atoms with Crippen molar-refractivity contribution < 1.29 is 9.52 Å². The Morgan fingerprint density at radius 3 is 2.67 bits per heavy atom. The van der Waals surface area contributed by atoms with E-state index in [-0.39, 0.29) is 36.6 Å². The number of hydrogen-bond donors (Lipinski definition) is 3. The minimum atomic E-state index is -1.15. The van der Waals surface area contributed by atoms with Crippen LogP contribution in [0, 0.1) is 13.8 Å². The first-order chi connectivity index (χ1) is 12.2. The van der Waals surface area contributed by atoms with E-state index < -0.39 is 5.60 Å². The highest BCUT2D eigenvalue weighted by molar-refractivity contribution is 14.0. The highest BCUT2D eigenvalue weighted by atomic mass is 127. The van der Waals surface area contributed by atoms with Gasteiger partial charge in [0.2, 0.25) is 0 Å². The standard InChI is InChI=1S/C19H31N5O2.HI/c1-7-20-18(21-12-19(5,25)17-9-8-10-26-17)22-13(2)11-16-14(3)23-24(6)15(16)4;/h8-10,13,25H,7,11-12H2,1-6H3,(H2,20,21,22);1H. The van der Waals surface area contributed by atoms with Crippen molar-refractivity contribution >= 4 is 29.9 Å². The minimum Gasteiger partial charge on any atom is -0.466 e. The fourth-order valence-electron chi connectivity index (χ4n) is 2.92. The van der Waals surface area contributed by atoms with Gasteiger partial charge in [-0.2, -0.15) is 5.10 Å². The number of aliphatic imine (C=N–C) groups is 1. The molecule has 0 fully saturated rings. The Labute approximate surface area is 178 Å². The maximum atomic E-state index is 10.6. The van der Waals surface area contributed by atoms with E-state index in [0.29, 0.717) is 11.7 Å². The third-order valence-corrected chi connectivity index (χ3v) is 4.49. The summed E-state index contributed by atoms with van der Waals surface area (Å²) in [6, 6.07) is 3.69. The maximum absolute atomic E-state index is 10.6. The summed E-state index contributed by atoms with van der Waals surface area (Å²) >= 11 is 0. The molecule has 0 spiro atoms. The van der Waals surface area contributed by atoms with Crippen LogP contribution in [0.1, 0.15) is 43.5 Å². The molecule has 0 aliphatic carbocycles. The average molecular weight is 489 g/mol. The van der Waals surface area contributed by atoms with Gasteiger partial charge in [0.15, 0.2) is 5.96 Å². The zero-order valence-electron chi connectivity index (χ0n) is 17.0. The third-order valence-electron chi connectivity index (χ3n) is 4.49. The van der Waals surface area contributed by atoms with Gasteiger partial charge in [-0.25, -0.2) is 4.99 Å². The van der Waals surface area contributed by atoms with Crippen LogP contribution in [0.15, 0.2) is 27.8 Å². The van der Waals surface area contributed by atoms with Crippen LogP contribution in [0.5, 0.6) is 0 Å². The first kappa shape index (κ1) is 23.5. The van der Waals surface area contributed by atoms with E-state index in [9.17, 15) is 5.11 Å². The van der Waals surface area contributed by atoms with Crippen molar-refractivity contribution in [3.63, 3.8) is 0 Å². The molecule has 152 valence electrons. The van der Waals surface area contributed by atoms with Gasteiger partial charge in [0.05, 0.1) is 18.5 Å². The molecule has 27 heavy (non-hydrogen) atoms. The number of nitrogens with zero attached hydrogens (tertiary/aromatic N) is 3. The Kier molecular flexibility index (Phi) is 8.80. The zero-order chi connectivity index (χ0) is 19.3. The van der Waals surface area contributed by atoms with E-state index in [4.69, 9.17) is 4.42 Å². The predicted octanol–water partition coefficient (Wildman–Crippen LogP) is 2.64. The smallest absolute Gasteiger partial charge is 0.191 e.